The largest absolute Gasteiger partial charge is 0.352 e. The molecule has 162 valence electrons. The number of hydrogen-bond donors (Lipinski definition) is 3. The first kappa shape index (κ1) is 21.3. The van der Waals surface area contributed by atoms with Crippen molar-refractivity contribution in [3.63, 3.8) is 0 Å². The summed E-state index contributed by atoms with van der Waals surface area (Å²) < 4.78 is 0. The van der Waals surface area contributed by atoms with Crippen molar-refractivity contribution in [2.75, 3.05) is 11.9 Å². The van der Waals surface area contributed by atoms with Crippen LogP contribution in [0.5, 0.6) is 0 Å². The Hall–Kier alpha value is -3.93. The van der Waals surface area contributed by atoms with Gasteiger partial charge in [0.1, 0.15) is 0 Å². The fraction of sp³-hybridized carbons (Fsp3) is 0.192. The molecule has 0 unspecified atom stereocenters. The summed E-state index contributed by atoms with van der Waals surface area (Å²) >= 11 is 0. The summed E-state index contributed by atoms with van der Waals surface area (Å²) in [7, 11) is 0. The van der Waals surface area contributed by atoms with Crippen molar-refractivity contribution in [3.8, 4) is 11.1 Å². The Morgan fingerprint density at radius 1 is 0.875 bits per heavy atom. The molecule has 6 heteroatoms. The highest BCUT2D eigenvalue weighted by molar-refractivity contribution is 6.04. The number of aromatic amines is 1. The highest BCUT2D eigenvalue weighted by Gasteiger charge is 2.11. The van der Waals surface area contributed by atoms with Gasteiger partial charge in [-0.2, -0.15) is 0 Å². The summed E-state index contributed by atoms with van der Waals surface area (Å²) in [5.41, 5.74) is 4.65. The van der Waals surface area contributed by atoms with Gasteiger partial charge in [0.25, 0.3) is 11.8 Å². The zero-order chi connectivity index (χ0) is 22.5. The van der Waals surface area contributed by atoms with Gasteiger partial charge in [-0.3, -0.25) is 14.9 Å². The minimum Gasteiger partial charge on any atom is -0.352 e. The lowest BCUT2D eigenvalue weighted by Gasteiger charge is -2.09. The molecule has 0 aliphatic carbocycles. The molecular formula is C26H26N4O2. The molecule has 3 N–H and O–H groups in total. The number of imidazole rings is 1. The number of benzene rings is 3. The molecule has 3 aromatic carbocycles. The van der Waals surface area contributed by atoms with E-state index in [2.05, 4.69) is 34.4 Å². The number of aromatic nitrogens is 2. The normalized spacial score (nSPS) is 11.0. The third-order valence-electron chi connectivity index (χ3n) is 5.22. The fourth-order valence-electron chi connectivity index (χ4n) is 3.43. The van der Waals surface area contributed by atoms with E-state index in [1.54, 1.807) is 12.1 Å². The van der Waals surface area contributed by atoms with Gasteiger partial charge in [-0.1, -0.05) is 50.2 Å². The molecule has 0 aliphatic heterocycles. The Balaban J connectivity index is 1.51. The second-order valence-electron chi connectivity index (χ2n) is 8.16. The number of nitrogens with one attached hydrogen (secondary N) is 3. The lowest BCUT2D eigenvalue weighted by Crippen LogP contribution is -2.25. The Labute approximate surface area is 187 Å². The maximum absolute atomic E-state index is 12.5. The van der Waals surface area contributed by atoms with Crippen molar-refractivity contribution >= 4 is 28.8 Å². The topological polar surface area (TPSA) is 86.9 Å². The van der Waals surface area contributed by atoms with Crippen molar-refractivity contribution in [1.82, 2.24) is 15.3 Å². The second-order valence-corrected chi connectivity index (χ2v) is 8.16. The van der Waals surface area contributed by atoms with E-state index in [-0.39, 0.29) is 11.8 Å². The van der Waals surface area contributed by atoms with Gasteiger partial charge in [0, 0.05) is 17.7 Å². The van der Waals surface area contributed by atoms with Crippen LogP contribution in [0.2, 0.25) is 0 Å². The first-order valence-electron chi connectivity index (χ1n) is 10.7. The van der Waals surface area contributed by atoms with Crippen molar-refractivity contribution in [3.05, 3.63) is 83.9 Å². The van der Waals surface area contributed by atoms with Crippen LogP contribution in [0.15, 0.2) is 72.8 Å². The minimum absolute atomic E-state index is 0.0685. The standard InChI is InChI=1S/C26H26N4O2/c1-17(2)13-14-27-24(31)21-10-6-9-19(15-21)20-11-12-22-23(16-20)29-26(28-22)30-25(32)18-7-4-3-5-8-18/h3-12,15-17H,13-14H2,1-2H3,(H,27,31)(H2,28,29,30,32). The molecule has 6 nitrogen and oxygen atoms in total. The zero-order valence-corrected chi connectivity index (χ0v) is 18.2. The number of carbonyl (C=O) groups excluding carboxylic acids is 2. The van der Waals surface area contributed by atoms with Crippen molar-refractivity contribution in [2.45, 2.75) is 20.3 Å². The smallest absolute Gasteiger partial charge is 0.257 e. The summed E-state index contributed by atoms with van der Waals surface area (Å²) in [4.78, 5) is 32.5. The molecule has 4 rings (SSSR count). The molecule has 0 radical (unpaired) electrons. The number of H-pyrrole nitrogens is 1. The Kier molecular flexibility index (Phi) is 6.31. The highest BCUT2D eigenvalue weighted by atomic mass is 16.2. The Morgan fingerprint density at radius 3 is 2.41 bits per heavy atom. The summed E-state index contributed by atoms with van der Waals surface area (Å²) in [5.74, 6) is 0.650. The summed E-state index contributed by atoms with van der Waals surface area (Å²) in [6.45, 7) is 4.94. The maximum Gasteiger partial charge on any atom is 0.257 e. The third kappa shape index (κ3) is 5.03. The maximum atomic E-state index is 12.5. The van der Waals surface area contributed by atoms with Crippen LogP contribution in [0, 0.1) is 5.92 Å². The van der Waals surface area contributed by atoms with Crippen LogP contribution in [0.4, 0.5) is 5.95 Å². The van der Waals surface area contributed by atoms with E-state index in [1.165, 1.54) is 0 Å². The van der Waals surface area contributed by atoms with E-state index >= 15 is 0 Å². The highest BCUT2D eigenvalue weighted by Crippen LogP contribution is 2.25. The van der Waals surface area contributed by atoms with Crippen molar-refractivity contribution in [1.29, 1.82) is 0 Å². The van der Waals surface area contributed by atoms with Gasteiger partial charge >= 0.3 is 0 Å². The van der Waals surface area contributed by atoms with E-state index in [0.29, 0.717) is 29.5 Å². The van der Waals surface area contributed by atoms with Crippen LogP contribution < -0.4 is 10.6 Å². The van der Waals surface area contributed by atoms with Crippen LogP contribution in [-0.2, 0) is 0 Å². The number of fused-ring (bicyclic) bond motifs is 1. The minimum atomic E-state index is -0.221. The van der Waals surface area contributed by atoms with E-state index < -0.39 is 0 Å². The van der Waals surface area contributed by atoms with Crippen LogP contribution in [-0.4, -0.2) is 28.3 Å². The summed E-state index contributed by atoms with van der Waals surface area (Å²) in [6.07, 6.45) is 0.949. The predicted octanol–water partition coefficient (Wildman–Crippen LogP) is 5.26. The van der Waals surface area contributed by atoms with Crippen molar-refractivity contribution < 1.29 is 9.59 Å². The van der Waals surface area contributed by atoms with Gasteiger partial charge in [-0.25, -0.2) is 4.98 Å². The molecule has 0 atom stereocenters. The summed E-state index contributed by atoms with van der Waals surface area (Å²) in [5, 5.41) is 5.78. The Morgan fingerprint density at radius 2 is 1.62 bits per heavy atom. The monoisotopic (exact) mass is 426 g/mol. The quantitative estimate of drug-likeness (QED) is 0.377. The van der Waals surface area contributed by atoms with Crippen LogP contribution in [0.3, 0.4) is 0 Å². The number of amides is 2. The first-order valence-corrected chi connectivity index (χ1v) is 10.7. The van der Waals surface area contributed by atoms with E-state index in [0.717, 1.165) is 28.6 Å². The number of carbonyl (C=O) groups is 2. The van der Waals surface area contributed by atoms with Gasteiger partial charge in [0.05, 0.1) is 11.0 Å². The van der Waals surface area contributed by atoms with Gasteiger partial charge in [0.2, 0.25) is 5.95 Å². The molecule has 1 aromatic heterocycles. The first-order chi connectivity index (χ1) is 15.5. The number of anilines is 1. The van der Waals surface area contributed by atoms with E-state index in [1.807, 2.05) is 60.7 Å². The number of rotatable bonds is 7. The zero-order valence-electron chi connectivity index (χ0n) is 18.2. The molecule has 0 aliphatic rings. The van der Waals surface area contributed by atoms with Gasteiger partial charge in [-0.15, -0.1) is 0 Å². The average Bonchev–Trinajstić information content (AvgIpc) is 3.21. The molecule has 0 saturated carbocycles. The van der Waals surface area contributed by atoms with E-state index in [4.69, 9.17) is 0 Å². The molecule has 0 spiro atoms. The summed E-state index contributed by atoms with van der Waals surface area (Å²) in [6, 6.07) is 22.4. The molecule has 2 amide bonds. The van der Waals surface area contributed by atoms with Crippen molar-refractivity contribution in [2.24, 2.45) is 5.92 Å². The number of hydrogen-bond acceptors (Lipinski definition) is 3. The predicted molar refractivity (Wildman–Crippen MR) is 128 cm³/mol. The van der Waals surface area contributed by atoms with Gasteiger partial charge < -0.3 is 10.3 Å². The fourth-order valence-corrected chi connectivity index (χ4v) is 3.43. The number of nitrogens with zero attached hydrogens (tertiary/aromatic N) is 1. The van der Waals surface area contributed by atoms with Gasteiger partial charge in [0.15, 0.2) is 0 Å². The van der Waals surface area contributed by atoms with Crippen LogP contribution in [0.25, 0.3) is 22.2 Å². The molecular weight excluding hydrogens is 400 g/mol. The second kappa shape index (κ2) is 9.47. The van der Waals surface area contributed by atoms with Crippen LogP contribution in [0.1, 0.15) is 41.0 Å². The molecule has 0 bridgehead atoms. The lowest BCUT2D eigenvalue weighted by atomic mass is 10.0. The molecule has 0 fully saturated rings. The van der Waals surface area contributed by atoms with E-state index in [9.17, 15) is 9.59 Å². The molecule has 1 heterocycles. The SMILES string of the molecule is CC(C)CCNC(=O)c1cccc(-c2ccc3nc(NC(=O)c4ccccc4)[nH]c3c2)c1. The lowest BCUT2D eigenvalue weighted by molar-refractivity contribution is 0.0951. The molecule has 4 aromatic rings. The molecule has 0 saturated heterocycles. The molecule has 32 heavy (non-hydrogen) atoms. The van der Waals surface area contributed by atoms with Gasteiger partial charge in [-0.05, 0) is 59.9 Å². The third-order valence-corrected chi connectivity index (χ3v) is 5.22. The van der Waals surface area contributed by atoms with Crippen LogP contribution >= 0.6 is 0 Å². The average molecular weight is 427 g/mol. The Bertz CT molecular complexity index is 1250.